The molecule has 0 bridgehead atoms. The second-order valence-corrected chi connectivity index (χ2v) is 8.71. The zero-order chi connectivity index (χ0) is 20.2. The highest BCUT2D eigenvalue weighted by molar-refractivity contribution is 7.99. The van der Waals surface area contributed by atoms with Crippen molar-refractivity contribution >= 4 is 33.3 Å². The van der Waals surface area contributed by atoms with Gasteiger partial charge in [0.2, 0.25) is 0 Å². The molecule has 5 nitrogen and oxygen atoms in total. The number of fused-ring (bicyclic) bond motifs is 1. The number of aryl methyl sites for hydroxylation is 2. The number of aromatic nitrogens is 3. The number of nitrogens with zero attached hydrogens (tertiary/aromatic N) is 3. The molecule has 148 valence electrons. The Balaban J connectivity index is 1.65. The first kappa shape index (κ1) is 19.7. The Bertz CT molecular complexity index is 1130. The summed E-state index contributed by atoms with van der Waals surface area (Å²) in [7, 11) is 3.26. The first-order valence-electron chi connectivity index (χ1n) is 9.22. The molecule has 0 aliphatic carbocycles. The van der Waals surface area contributed by atoms with E-state index in [1.807, 2.05) is 31.2 Å². The van der Waals surface area contributed by atoms with E-state index < -0.39 is 0 Å². The Kier molecular flexibility index (Phi) is 5.97. The van der Waals surface area contributed by atoms with Gasteiger partial charge in [-0.3, -0.25) is 0 Å². The van der Waals surface area contributed by atoms with E-state index in [0.717, 1.165) is 43.7 Å². The number of ether oxygens (including phenoxy) is 2. The maximum atomic E-state index is 5.45. The summed E-state index contributed by atoms with van der Waals surface area (Å²) in [5, 5.41) is 10.9. The number of thiazole rings is 1. The van der Waals surface area contributed by atoms with Crippen LogP contribution < -0.4 is 9.47 Å². The molecule has 4 rings (SSSR count). The third-order valence-electron chi connectivity index (χ3n) is 4.52. The zero-order valence-corrected chi connectivity index (χ0v) is 18.1. The minimum atomic E-state index is 0.669. The van der Waals surface area contributed by atoms with E-state index in [0.29, 0.717) is 11.5 Å². The molecular weight excluding hydrogens is 402 g/mol. The van der Waals surface area contributed by atoms with Gasteiger partial charge in [0.15, 0.2) is 11.5 Å². The number of methoxy groups -OCH3 is 2. The summed E-state index contributed by atoms with van der Waals surface area (Å²) in [4.78, 5) is 4.74. The monoisotopic (exact) mass is 423 g/mol. The summed E-state index contributed by atoms with van der Waals surface area (Å²) >= 11 is 3.34. The molecule has 0 radical (unpaired) electrons. The maximum Gasteiger partial charge on any atom is 0.161 e. The van der Waals surface area contributed by atoms with E-state index in [1.165, 1.54) is 5.56 Å². The van der Waals surface area contributed by atoms with Gasteiger partial charge in [-0.2, -0.15) is 0 Å². The summed E-state index contributed by atoms with van der Waals surface area (Å²) in [6, 6.07) is 16.3. The normalized spacial score (nSPS) is 11.0. The highest BCUT2D eigenvalue weighted by Gasteiger charge is 2.17. The lowest BCUT2D eigenvalue weighted by Crippen LogP contribution is -1.96. The first-order valence-corrected chi connectivity index (χ1v) is 11.0. The summed E-state index contributed by atoms with van der Waals surface area (Å²) in [5.74, 6) is 2.29. The molecule has 0 atom stereocenters. The third kappa shape index (κ3) is 4.21. The minimum Gasteiger partial charge on any atom is -0.493 e. The van der Waals surface area contributed by atoms with Gasteiger partial charge in [-0.15, -0.1) is 33.3 Å². The summed E-state index contributed by atoms with van der Waals surface area (Å²) in [5.41, 5.74) is 3.99. The summed E-state index contributed by atoms with van der Waals surface area (Å²) in [6.07, 6.45) is 0.981. The van der Waals surface area contributed by atoms with E-state index in [-0.39, 0.29) is 0 Å². The van der Waals surface area contributed by atoms with Gasteiger partial charge >= 0.3 is 0 Å². The van der Waals surface area contributed by atoms with Crippen molar-refractivity contribution in [2.75, 3.05) is 20.0 Å². The number of hydrogen-bond acceptors (Lipinski definition) is 7. The van der Waals surface area contributed by atoms with Crippen LogP contribution in [0.15, 0.2) is 53.6 Å². The van der Waals surface area contributed by atoms with E-state index in [4.69, 9.17) is 14.5 Å². The fraction of sp³-hybridized carbons (Fsp3) is 0.227. The van der Waals surface area contributed by atoms with Gasteiger partial charge in [0.05, 0.1) is 23.9 Å². The molecule has 0 spiro atoms. The number of benzene rings is 2. The molecule has 0 fully saturated rings. The molecule has 0 saturated carbocycles. The van der Waals surface area contributed by atoms with Crippen LogP contribution in [0.4, 0.5) is 0 Å². The Morgan fingerprint density at radius 3 is 2.52 bits per heavy atom. The highest BCUT2D eigenvalue weighted by Crippen LogP contribution is 2.38. The largest absolute Gasteiger partial charge is 0.493 e. The summed E-state index contributed by atoms with van der Waals surface area (Å²) in [6.45, 7) is 2.02. The predicted octanol–water partition coefficient (Wildman–Crippen LogP) is 5.41. The van der Waals surface area contributed by atoms with Crippen molar-refractivity contribution in [2.24, 2.45) is 0 Å². The smallest absolute Gasteiger partial charge is 0.161 e. The third-order valence-corrected chi connectivity index (χ3v) is 6.46. The van der Waals surface area contributed by atoms with Crippen LogP contribution in [0.1, 0.15) is 10.6 Å². The van der Waals surface area contributed by atoms with Crippen molar-refractivity contribution in [1.29, 1.82) is 0 Å². The van der Waals surface area contributed by atoms with Crippen molar-refractivity contribution < 1.29 is 9.47 Å². The zero-order valence-electron chi connectivity index (χ0n) is 16.5. The molecule has 29 heavy (non-hydrogen) atoms. The molecule has 2 aromatic heterocycles. The van der Waals surface area contributed by atoms with Gasteiger partial charge in [0.25, 0.3) is 0 Å². The van der Waals surface area contributed by atoms with Crippen LogP contribution in [0.25, 0.3) is 21.5 Å². The van der Waals surface area contributed by atoms with Crippen molar-refractivity contribution in [3.05, 3.63) is 59.1 Å². The molecule has 0 saturated heterocycles. The van der Waals surface area contributed by atoms with Crippen LogP contribution in [0.2, 0.25) is 0 Å². The van der Waals surface area contributed by atoms with Gasteiger partial charge in [-0.25, -0.2) is 4.98 Å². The highest BCUT2D eigenvalue weighted by atomic mass is 32.2. The maximum absolute atomic E-state index is 5.45. The van der Waals surface area contributed by atoms with Gasteiger partial charge in [-0.1, -0.05) is 30.3 Å². The topological polar surface area (TPSA) is 57.1 Å². The van der Waals surface area contributed by atoms with Crippen LogP contribution in [-0.4, -0.2) is 35.2 Å². The number of thioether (sulfide) groups is 1. The van der Waals surface area contributed by atoms with Crippen molar-refractivity contribution in [3.63, 3.8) is 0 Å². The van der Waals surface area contributed by atoms with Gasteiger partial charge in [0.1, 0.15) is 16.2 Å². The number of hydrogen-bond donors (Lipinski definition) is 0. The molecule has 0 aliphatic heterocycles. The first-order chi connectivity index (χ1) is 14.2. The molecule has 0 unspecified atom stereocenters. The fourth-order valence-electron chi connectivity index (χ4n) is 3.10. The molecule has 7 heteroatoms. The molecular formula is C22H21N3O2S2. The van der Waals surface area contributed by atoms with Crippen molar-refractivity contribution in [1.82, 2.24) is 15.2 Å². The minimum absolute atomic E-state index is 0.669. The van der Waals surface area contributed by atoms with E-state index in [9.17, 15) is 0 Å². The average Bonchev–Trinajstić information content (AvgIpc) is 3.15. The molecule has 2 heterocycles. The van der Waals surface area contributed by atoms with Crippen LogP contribution in [0, 0.1) is 6.92 Å². The van der Waals surface area contributed by atoms with Gasteiger partial charge in [0, 0.05) is 11.3 Å². The molecule has 0 N–H and O–H groups in total. The summed E-state index contributed by atoms with van der Waals surface area (Å²) < 4.78 is 11.8. The van der Waals surface area contributed by atoms with Crippen LogP contribution >= 0.6 is 23.1 Å². The lowest BCUT2D eigenvalue weighted by molar-refractivity contribution is 0.355. The van der Waals surface area contributed by atoms with Crippen molar-refractivity contribution in [2.45, 2.75) is 18.4 Å². The van der Waals surface area contributed by atoms with E-state index in [1.54, 1.807) is 37.3 Å². The van der Waals surface area contributed by atoms with Crippen molar-refractivity contribution in [3.8, 4) is 22.8 Å². The molecule has 0 aliphatic rings. The molecule has 2 aromatic carbocycles. The van der Waals surface area contributed by atoms with Gasteiger partial charge in [-0.05, 0) is 37.1 Å². The Morgan fingerprint density at radius 1 is 0.966 bits per heavy atom. The second kappa shape index (κ2) is 8.80. The van der Waals surface area contributed by atoms with E-state index in [2.05, 4.69) is 34.5 Å². The quantitative estimate of drug-likeness (QED) is 0.370. The van der Waals surface area contributed by atoms with Gasteiger partial charge < -0.3 is 9.47 Å². The van der Waals surface area contributed by atoms with Crippen LogP contribution in [0.3, 0.4) is 0 Å². The molecule has 0 amide bonds. The SMILES string of the molecule is COc1ccc(-c2nnc(SCCc3ccccc3)c3nc(C)sc23)cc1OC. The molecule has 4 aromatic rings. The van der Waals surface area contributed by atoms with Crippen LogP contribution in [-0.2, 0) is 6.42 Å². The Morgan fingerprint density at radius 2 is 1.76 bits per heavy atom. The Labute approximate surface area is 178 Å². The second-order valence-electron chi connectivity index (χ2n) is 6.42. The lowest BCUT2D eigenvalue weighted by Gasteiger charge is -2.10. The lowest BCUT2D eigenvalue weighted by atomic mass is 10.1. The average molecular weight is 424 g/mol. The van der Waals surface area contributed by atoms with E-state index >= 15 is 0 Å². The number of rotatable bonds is 7. The Hall–Kier alpha value is -2.64. The predicted molar refractivity (Wildman–Crippen MR) is 119 cm³/mol. The standard InChI is InChI=1S/C22H21N3O2S2/c1-14-23-20-21(29-14)19(16-9-10-17(26-2)18(13-16)27-3)24-25-22(20)28-12-11-15-7-5-4-6-8-15/h4-10,13H,11-12H2,1-3H3. The van der Waals surface area contributed by atoms with Crippen LogP contribution in [0.5, 0.6) is 11.5 Å². The fourth-order valence-corrected chi connectivity index (χ4v) is 5.01.